The molecular weight excluding hydrogens is 280 g/mol. The lowest BCUT2D eigenvalue weighted by atomic mass is 10.1. The summed E-state index contributed by atoms with van der Waals surface area (Å²) in [4.78, 5) is 28.1. The highest BCUT2D eigenvalue weighted by molar-refractivity contribution is 5.88. The Morgan fingerprint density at radius 1 is 1.27 bits per heavy atom. The van der Waals surface area contributed by atoms with E-state index in [-0.39, 0.29) is 24.0 Å². The molecule has 2 fully saturated rings. The van der Waals surface area contributed by atoms with E-state index in [1.165, 1.54) is 12.7 Å². The monoisotopic (exact) mass is 302 g/mol. The number of methoxy groups -OCH3 is 1. The van der Waals surface area contributed by atoms with Gasteiger partial charge in [0.25, 0.3) is 0 Å². The minimum Gasteiger partial charge on any atom is -0.467 e. The molecular formula is C17H22N2O3. The summed E-state index contributed by atoms with van der Waals surface area (Å²) in [7, 11) is 1.39. The lowest BCUT2D eigenvalue weighted by Gasteiger charge is -2.29. The summed E-state index contributed by atoms with van der Waals surface area (Å²) in [6, 6.07) is 10.1. The number of hydrogen-bond donors (Lipinski definition) is 0. The van der Waals surface area contributed by atoms with Crippen LogP contribution < -0.4 is 0 Å². The van der Waals surface area contributed by atoms with Gasteiger partial charge < -0.3 is 9.64 Å². The molecule has 0 radical (unpaired) electrons. The predicted molar refractivity (Wildman–Crippen MR) is 82.0 cm³/mol. The SMILES string of the molecule is COC(=O)C1CCC(=O)N1C1CCN(Cc2ccccc2)C1. The first-order valence-corrected chi connectivity index (χ1v) is 7.84. The maximum Gasteiger partial charge on any atom is 0.328 e. The van der Waals surface area contributed by atoms with Crippen molar-refractivity contribution in [3.63, 3.8) is 0 Å². The number of rotatable bonds is 4. The van der Waals surface area contributed by atoms with Crippen molar-refractivity contribution >= 4 is 11.9 Å². The van der Waals surface area contributed by atoms with Crippen LogP contribution in [0.4, 0.5) is 0 Å². The van der Waals surface area contributed by atoms with Gasteiger partial charge in [0, 0.05) is 32.1 Å². The van der Waals surface area contributed by atoms with Gasteiger partial charge in [0.1, 0.15) is 6.04 Å². The van der Waals surface area contributed by atoms with Crippen LogP contribution in [0.25, 0.3) is 0 Å². The van der Waals surface area contributed by atoms with Gasteiger partial charge in [0.2, 0.25) is 5.91 Å². The van der Waals surface area contributed by atoms with Crippen molar-refractivity contribution in [1.82, 2.24) is 9.80 Å². The second kappa shape index (κ2) is 6.48. The highest BCUT2D eigenvalue weighted by Gasteiger charge is 2.42. The number of carbonyl (C=O) groups is 2. The van der Waals surface area contributed by atoms with Crippen molar-refractivity contribution in [3.05, 3.63) is 35.9 Å². The van der Waals surface area contributed by atoms with Gasteiger partial charge in [0.15, 0.2) is 0 Å². The van der Waals surface area contributed by atoms with E-state index >= 15 is 0 Å². The Balaban J connectivity index is 1.64. The molecule has 1 amide bonds. The molecule has 1 aromatic rings. The molecule has 2 saturated heterocycles. The molecule has 2 atom stereocenters. The van der Waals surface area contributed by atoms with Crippen LogP contribution in [0.3, 0.4) is 0 Å². The molecule has 0 bridgehead atoms. The summed E-state index contributed by atoms with van der Waals surface area (Å²) in [5, 5.41) is 0. The molecule has 22 heavy (non-hydrogen) atoms. The molecule has 118 valence electrons. The smallest absolute Gasteiger partial charge is 0.328 e. The van der Waals surface area contributed by atoms with E-state index in [9.17, 15) is 9.59 Å². The number of ether oxygens (including phenoxy) is 1. The molecule has 5 heteroatoms. The van der Waals surface area contributed by atoms with E-state index in [0.29, 0.717) is 12.8 Å². The lowest BCUT2D eigenvalue weighted by Crippen LogP contribution is -2.47. The van der Waals surface area contributed by atoms with Gasteiger partial charge in [-0.15, -0.1) is 0 Å². The molecule has 0 aromatic heterocycles. The molecule has 0 spiro atoms. The summed E-state index contributed by atoms with van der Waals surface area (Å²) in [6.07, 6.45) is 1.96. The van der Waals surface area contributed by atoms with Gasteiger partial charge in [0.05, 0.1) is 7.11 Å². The van der Waals surface area contributed by atoms with Crippen molar-refractivity contribution in [2.45, 2.75) is 37.9 Å². The fourth-order valence-electron chi connectivity index (χ4n) is 3.55. The van der Waals surface area contributed by atoms with Crippen LogP contribution in [0.2, 0.25) is 0 Å². The lowest BCUT2D eigenvalue weighted by molar-refractivity contribution is -0.150. The van der Waals surface area contributed by atoms with Crippen molar-refractivity contribution < 1.29 is 14.3 Å². The number of nitrogens with zero attached hydrogens (tertiary/aromatic N) is 2. The summed E-state index contributed by atoms with van der Waals surface area (Å²) in [5.74, 6) is -0.200. The van der Waals surface area contributed by atoms with Crippen LogP contribution in [0.15, 0.2) is 30.3 Å². The largest absolute Gasteiger partial charge is 0.467 e. The number of hydrogen-bond acceptors (Lipinski definition) is 4. The molecule has 2 aliphatic rings. The Morgan fingerprint density at radius 3 is 2.77 bits per heavy atom. The fraction of sp³-hybridized carbons (Fsp3) is 0.529. The highest BCUT2D eigenvalue weighted by Crippen LogP contribution is 2.27. The van der Waals surface area contributed by atoms with Crippen LogP contribution in [-0.2, 0) is 20.9 Å². The van der Waals surface area contributed by atoms with Gasteiger partial charge in [-0.05, 0) is 18.4 Å². The number of likely N-dealkylation sites (tertiary alicyclic amines) is 2. The molecule has 3 rings (SSSR count). The zero-order valence-corrected chi connectivity index (χ0v) is 12.9. The van der Waals surface area contributed by atoms with Gasteiger partial charge in [-0.3, -0.25) is 9.69 Å². The predicted octanol–water partition coefficient (Wildman–Crippen LogP) is 1.42. The maximum absolute atomic E-state index is 12.2. The average Bonchev–Trinajstić information content (AvgIpc) is 3.14. The fourth-order valence-corrected chi connectivity index (χ4v) is 3.55. The van der Waals surface area contributed by atoms with E-state index in [2.05, 4.69) is 17.0 Å². The summed E-state index contributed by atoms with van der Waals surface area (Å²) in [6.45, 7) is 2.67. The molecule has 1 aromatic carbocycles. The van der Waals surface area contributed by atoms with Crippen LogP contribution >= 0.6 is 0 Å². The van der Waals surface area contributed by atoms with Crippen LogP contribution in [-0.4, -0.2) is 54.0 Å². The summed E-state index contributed by atoms with van der Waals surface area (Å²) in [5.41, 5.74) is 1.28. The Kier molecular flexibility index (Phi) is 4.43. The van der Waals surface area contributed by atoms with Crippen molar-refractivity contribution in [3.8, 4) is 0 Å². The molecule has 2 unspecified atom stereocenters. The van der Waals surface area contributed by atoms with E-state index in [4.69, 9.17) is 4.74 Å². The van der Waals surface area contributed by atoms with E-state index < -0.39 is 0 Å². The topological polar surface area (TPSA) is 49.9 Å². The first-order valence-electron chi connectivity index (χ1n) is 7.84. The third-order valence-electron chi connectivity index (χ3n) is 4.62. The minimum absolute atomic E-state index is 0.0851. The van der Waals surface area contributed by atoms with Gasteiger partial charge >= 0.3 is 5.97 Å². The normalized spacial score (nSPS) is 25.7. The first-order chi connectivity index (χ1) is 10.7. The van der Waals surface area contributed by atoms with E-state index in [1.807, 2.05) is 18.2 Å². The summed E-state index contributed by atoms with van der Waals surface area (Å²) < 4.78 is 4.85. The van der Waals surface area contributed by atoms with Gasteiger partial charge in [-0.1, -0.05) is 30.3 Å². The van der Waals surface area contributed by atoms with Crippen LogP contribution in [0, 0.1) is 0 Å². The first kappa shape index (κ1) is 15.0. The van der Waals surface area contributed by atoms with E-state index in [1.54, 1.807) is 4.90 Å². The van der Waals surface area contributed by atoms with Gasteiger partial charge in [-0.25, -0.2) is 4.79 Å². The molecule has 0 saturated carbocycles. The number of benzene rings is 1. The second-order valence-corrected chi connectivity index (χ2v) is 6.04. The van der Waals surface area contributed by atoms with Crippen molar-refractivity contribution in [2.24, 2.45) is 0 Å². The minimum atomic E-state index is -0.390. The van der Waals surface area contributed by atoms with Crippen molar-refractivity contribution in [1.29, 1.82) is 0 Å². The number of carbonyl (C=O) groups excluding carboxylic acids is 2. The maximum atomic E-state index is 12.2. The molecule has 2 heterocycles. The molecule has 0 aliphatic carbocycles. The van der Waals surface area contributed by atoms with Gasteiger partial charge in [-0.2, -0.15) is 0 Å². The zero-order chi connectivity index (χ0) is 15.5. The highest BCUT2D eigenvalue weighted by atomic mass is 16.5. The Bertz CT molecular complexity index is 546. The van der Waals surface area contributed by atoms with Crippen LogP contribution in [0.5, 0.6) is 0 Å². The third kappa shape index (κ3) is 2.99. The average molecular weight is 302 g/mol. The standard InChI is InChI=1S/C17H22N2O3/c1-22-17(21)15-7-8-16(20)19(15)14-9-10-18(12-14)11-13-5-3-2-4-6-13/h2-6,14-15H,7-12H2,1H3. The van der Waals surface area contributed by atoms with E-state index in [0.717, 1.165) is 26.1 Å². The molecule has 2 aliphatic heterocycles. The van der Waals surface area contributed by atoms with Crippen molar-refractivity contribution in [2.75, 3.05) is 20.2 Å². The second-order valence-electron chi connectivity index (χ2n) is 6.04. The summed E-state index contributed by atoms with van der Waals surface area (Å²) >= 11 is 0. The molecule has 5 nitrogen and oxygen atoms in total. The number of amides is 1. The van der Waals surface area contributed by atoms with Crippen LogP contribution in [0.1, 0.15) is 24.8 Å². The number of esters is 1. The Hall–Kier alpha value is -1.88. The quantitative estimate of drug-likeness (QED) is 0.790. The Morgan fingerprint density at radius 2 is 2.05 bits per heavy atom. The Labute approximate surface area is 130 Å². The zero-order valence-electron chi connectivity index (χ0n) is 12.9. The third-order valence-corrected chi connectivity index (χ3v) is 4.62. The molecule has 0 N–H and O–H groups in total.